The zero-order valence-electron chi connectivity index (χ0n) is 13.9. The van der Waals surface area contributed by atoms with Crippen molar-refractivity contribution in [3.8, 4) is 0 Å². The number of hydrogen-bond acceptors (Lipinski definition) is 3. The lowest BCUT2D eigenvalue weighted by Gasteiger charge is -2.35. The van der Waals surface area contributed by atoms with Gasteiger partial charge in [-0.2, -0.15) is 0 Å². The molecule has 1 saturated heterocycles. The van der Waals surface area contributed by atoms with E-state index in [0.29, 0.717) is 26.1 Å². The van der Waals surface area contributed by atoms with Crippen molar-refractivity contribution in [2.45, 2.75) is 43.9 Å². The van der Waals surface area contributed by atoms with Crippen LogP contribution in [0.2, 0.25) is 0 Å². The first kappa shape index (κ1) is 17.0. The average Bonchev–Trinajstić information content (AvgIpc) is 3.12. The van der Waals surface area contributed by atoms with Crippen molar-refractivity contribution in [2.24, 2.45) is 5.41 Å². The maximum atomic E-state index is 13.0. The third kappa shape index (κ3) is 3.05. The van der Waals surface area contributed by atoms with Gasteiger partial charge >= 0.3 is 5.97 Å². The number of benzene rings is 1. The fourth-order valence-corrected chi connectivity index (χ4v) is 4.03. The van der Waals surface area contributed by atoms with Crippen molar-refractivity contribution in [3.63, 3.8) is 0 Å². The summed E-state index contributed by atoms with van der Waals surface area (Å²) < 4.78 is 5.29. The molecule has 1 heterocycles. The van der Waals surface area contributed by atoms with Crippen LogP contribution in [0.5, 0.6) is 0 Å². The van der Waals surface area contributed by atoms with Crippen LogP contribution in [0.4, 0.5) is 0 Å². The van der Waals surface area contributed by atoms with Crippen LogP contribution in [-0.4, -0.2) is 36.7 Å². The highest BCUT2D eigenvalue weighted by Gasteiger charge is 2.45. The molecule has 1 aromatic rings. The minimum atomic E-state index is -0.898. The number of carbonyl (C=O) groups is 2. The minimum absolute atomic E-state index is 0.0293. The highest BCUT2D eigenvalue weighted by Crippen LogP contribution is 2.41. The lowest BCUT2D eigenvalue weighted by molar-refractivity contribution is -0.154. The standard InChI is InChI=1S/C19H25NO4/c21-16(20-14-18(17(22)23)10-12-24-13-11-18)19(8-4-5-9-19)15-6-2-1-3-7-15/h1-3,6-7H,4-5,8-14H2,(H,20,21)(H,22,23). The third-order valence-corrected chi connectivity index (χ3v) is 5.71. The topological polar surface area (TPSA) is 75.6 Å². The van der Waals surface area contributed by atoms with Crippen molar-refractivity contribution in [3.05, 3.63) is 35.9 Å². The zero-order chi connectivity index (χ0) is 17.0. The van der Waals surface area contributed by atoms with E-state index < -0.39 is 16.8 Å². The molecule has 2 aliphatic rings. The molecule has 2 N–H and O–H groups in total. The fourth-order valence-electron chi connectivity index (χ4n) is 4.03. The molecule has 5 heteroatoms. The lowest BCUT2D eigenvalue weighted by atomic mass is 9.76. The summed E-state index contributed by atoms with van der Waals surface area (Å²) in [6.45, 7) is 1.05. The van der Waals surface area contributed by atoms with Gasteiger partial charge in [0.2, 0.25) is 5.91 Å². The summed E-state index contributed by atoms with van der Waals surface area (Å²) in [6, 6.07) is 9.88. The predicted molar refractivity (Wildman–Crippen MR) is 89.7 cm³/mol. The first-order chi connectivity index (χ1) is 11.6. The molecule has 1 aromatic carbocycles. The molecule has 2 fully saturated rings. The lowest BCUT2D eigenvalue weighted by Crippen LogP contribution is -2.50. The van der Waals surface area contributed by atoms with Crippen molar-refractivity contribution in [1.82, 2.24) is 5.32 Å². The monoisotopic (exact) mass is 331 g/mol. The van der Waals surface area contributed by atoms with Gasteiger partial charge in [-0.1, -0.05) is 43.2 Å². The molecule has 130 valence electrons. The maximum Gasteiger partial charge on any atom is 0.311 e. The Morgan fingerprint density at radius 2 is 1.67 bits per heavy atom. The fraction of sp³-hybridized carbons (Fsp3) is 0.579. The van der Waals surface area contributed by atoms with Crippen molar-refractivity contribution >= 4 is 11.9 Å². The minimum Gasteiger partial charge on any atom is -0.481 e. The van der Waals surface area contributed by atoms with Gasteiger partial charge in [0.1, 0.15) is 0 Å². The second-order valence-corrected chi connectivity index (χ2v) is 7.04. The Balaban J connectivity index is 1.76. The molecule has 0 spiro atoms. The highest BCUT2D eigenvalue weighted by molar-refractivity contribution is 5.89. The molecule has 1 aliphatic heterocycles. The summed E-state index contributed by atoms with van der Waals surface area (Å²) in [5, 5.41) is 12.6. The van der Waals surface area contributed by atoms with Crippen LogP contribution in [0, 0.1) is 5.41 Å². The Kier molecular flexibility index (Phi) is 4.90. The van der Waals surface area contributed by atoms with Gasteiger partial charge in [-0.05, 0) is 31.2 Å². The van der Waals surface area contributed by atoms with E-state index in [1.54, 1.807) is 0 Å². The second kappa shape index (κ2) is 6.93. The molecule has 24 heavy (non-hydrogen) atoms. The van der Waals surface area contributed by atoms with Gasteiger partial charge in [-0.15, -0.1) is 0 Å². The second-order valence-electron chi connectivity index (χ2n) is 7.04. The zero-order valence-corrected chi connectivity index (χ0v) is 13.9. The van der Waals surface area contributed by atoms with Crippen LogP contribution < -0.4 is 5.32 Å². The summed E-state index contributed by atoms with van der Waals surface area (Å²) in [5.41, 5.74) is -0.368. The van der Waals surface area contributed by atoms with Crippen LogP contribution in [0.1, 0.15) is 44.1 Å². The predicted octanol–water partition coefficient (Wildman–Crippen LogP) is 2.50. The SMILES string of the molecule is O=C(O)C1(CNC(=O)C2(c3ccccc3)CCCC2)CCOCC1. The summed E-state index contributed by atoms with van der Waals surface area (Å²) >= 11 is 0. The molecule has 0 radical (unpaired) electrons. The van der Waals surface area contributed by atoms with E-state index in [9.17, 15) is 14.7 Å². The van der Waals surface area contributed by atoms with E-state index >= 15 is 0 Å². The summed E-state index contributed by atoms with van der Waals surface area (Å²) in [4.78, 5) is 24.8. The number of rotatable bonds is 5. The normalized spacial score (nSPS) is 22.0. The van der Waals surface area contributed by atoms with Gasteiger partial charge in [-0.25, -0.2) is 0 Å². The number of nitrogens with one attached hydrogen (secondary N) is 1. The van der Waals surface area contributed by atoms with E-state index in [1.807, 2.05) is 30.3 Å². The van der Waals surface area contributed by atoms with Gasteiger partial charge in [0, 0.05) is 19.8 Å². The van der Waals surface area contributed by atoms with E-state index in [4.69, 9.17) is 4.74 Å². The van der Waals surface area contributed by atoms with E-state index in [2.05, 4.69) is 5.32 Å². The number of carbonyl (C=O) groups excluding carboxylic acids is 1. The van der Waals surface area contributed by atoms with Gasteiger partial charge in [-0.3, -0.25) is 9.59 Å². The largest absolute Gasteiger partial charge is 0.481 e. The van der Waals surface area contributed by atoms with E-state index in [0.717, 1.165) is 31.2 Å². The summed E-state index contributed by atoms with van der Waals surface area (Å²) in [7, 11) is 0. The van der Waals surface area contributed by atoms with E-state index in [1.165, 1.54) is 0 Å². The van der Waals surface area contributed by atoms with Crippen molar-refractivity contribution < 1.29 is 19.4 Å². The van der Waals surface area contributed by atoms with Crippen LogP contribution in [0.15, 0.2) is 30.3 Å². The van der Waals surface area contributed by atoms with Gasteiger partial charge in [0.25, 0.3) is 0 Å². The first-order valence-corrected chi connectivity index (χ1v) is 8.74. The summed E-state index contributed by atoms with van der Waals surface area (Å²) in [6.07, 6.45) is 4.60. The molecule has 0 atom stereocenters. The Morgan fingerprint density at radius 3 is 2.25 bits per heavy atom. The first-order valence-electron chi connectivity index (χ1n) is 8.74. The van der Waals surface area contributed by atoms with Gasteiger partial charge < -0.3 is 15.2 Å². The molecule has 0 bridgehead atoms. The molecule has 0 unspecified atom stereocenters. The number of carboxylic acids is 1. The summed E-state index contributed by atoms with van der Waals surface area (Å²) in [5.74, 6) is -0.871. The van der Waals surface area contributed by atoms with Crippen LogP contribution in [-0.2, 0) is 19.7 Å². The molecule has 0 aromatic heterocycles. The Morgan fingerprint density at radius 1 is 1.04 bits per heavy atom. The van der Waals surface area contributed by atoms with Crippen LogP contribution in [0.25, 0.3) is 0 Å². The van der Waals surface area contributed by atoms with E-state index in [-0.39, 0.29) is 12.5 Å². The molecular weight excluding hydrogens is 306 g/mol. The smallest absolute Gasteiger partial charge is 0.311 e. The molecule has 1 aliphatic carbocycles. The maximum absolute atomic E-state index is 13.0. The average molecular weight is 331 g/mol. The number of aliphatic carboxylic acids is 1. The van der Waals surface area contributed by atoms with Gasteiger partial charge in [0.05, 0.1) is 10.8 Å². The van der Waals surface area contributed by atoms with Gasteiger partial charge in [0.15, 0.2) is 0 Å². The molecule has 1 saturated carbocycles. The number of ether oxygens (including phenoxy) is 1. The number of hydrogen-bond donors (Lipinski definition) is 2. The Labute approximate surface area is 142 Å². The number of carboxylic acid groups (broad SMARTS) is 1. The number of amides is 1. The molecule has 5 nitrogen and oxygen atoms in total. The molecule has 1 amide bonds. The Hall–Kier alpha value is -1.88. The van der Waals surface area contributed by atoms with Crippen LogP contribution in [0.3, 0.4) is 0 Å². The molecular formula is C19H25NO4. The third-order valence-electron chi connectivity index (χ3n) is 5.71. The van der Waals surface area contributed by atoms with Crippen molar-refractivity contribution in [1.29, 1.82) is 0 Å². The van der Waals surface area contributed by atoms with Crippen LogP contribution >= 0.6 is 0 Å². The van der Waals surface area contributed by atoms with Crippen molar-refractivity contribution in [2.75, 3.05) is 19.8 Å². The quantitative estimate of drug-likeness (QED) is 0.869. The Bertz CT molecular complexity index is 587. The highest BCUT2D eigenvalue weighted by atomic mass is 16.5. The molecule has 3 rings (SSSR count).